The molecular formula is C22H23Cl2N3O2S2. The van der Waals surface area contributed by atoms with E-state index in [1.165, 1.54) is 23.1 Å². The van der Waals surface area contributed by atoms with Crippen LogP contribution in [0, 0.1) is 0 Å². The van der Waals surface area contributed by atoms with E-state index < -0.39 is 0 Å². The molecule has 9 heteroatoms. The van der Waals surface area contributed by atoms with Gasteiger partial charge in [0.1, 0.15) is 5.52 Å². The fraction of sp³-hybridized carbons (Fsp3) is 0.364. The summed E-state index contributed by atoms with van der Waals surface area (Å²) in [6.07, 6.45) is 0.876. The van der Waals surface area contributed by atoms with Gasteiger partial charge in [0.05, 0.1) is 28.7 Å². The van der Waals surface area contributed by atoms with Gasteiger partial charge in [0, 0.05) is 36.1 Å². The topological polar surface area (TPSA) is 45.7 Å². The first-order valence-corrected chi connectivity index (χ1v) is 12.7. The smallest absolute Gasteiger partial charge is 0.239 e. The van der Waals surface area contributed by atoms with E-state index in [1.807, 2.05) is 47.4 Å². The van der Waals surface area contributed by atoms with Crippen LogP contribution < -0.4 is 4.90 Å². The number of amides is 1. The maximum atomic E-state index is 13.2. The molecule has 3 aromatic rings. The van der Waals surface area contributed by atoms with Gasteiger partial charge in [-0.25, -0.2) is 4.98 Å². The molecule has 31 heavy (non-hydrogen) atoms. The van der Waals surface area contributed by atoms with E-state index in [0.717, 1.165) is 54.4 Å². The quantitative estimate of drug-likeness (QED) is 0.388. The second-order valence-corrected chi connectivity index (χ2v) is 10.1. The van der Waals surface area contributed by atoms with Crippen LogP contribution in [-0.2, 0) is 9.53 Å². The van der Waals surface area contributed by atoms with Crippen LogP contribution in [0.15, 0.2) is 47.4 Å². The number of para-hydroxylation sites is 1. The van der Waals surface area contributed by atoms with Crippen molar-refractivity contribution < 1.29 is 9.53 Å². The van der Waals surface area contributed by atoms with E-state index in [0.29, 0.717) is 27.5 Å². The first-order valence-electron chi connectivity index (χ1n) is 10.1. The molecule has 1 saturated heterocycles. The van der Waals surface area contributed by atoms with E-state index in [1.54, 1.807) is 0 Å². The third-order valence-corrected chi connectivity index (χ3v) is 7.62. The fourth-order valence-corrected chi connectivity index (χ4v) is 5.59. The molecule has 4 rings (SSSR count). The van der Waals surface area contributed by atoms with Crippen LogP contribution in [0.2, 0.25) is 10.0 Å². The lowest BCUT2D eigenvalue weighted by Crippen LogP contribution is -2.39. The van der Waals surface area contributed by atoms with Gasteiger partial charge >= 0.3 is 0 Å². The Hall–Kier alpha value is -1.35. The van der Waals surface area contributed by atoms with Crippen LogP contribution in [0.1, 0.15) is 6.42 Å². The van der Waals surface area contributed by atoms with Crippen LogP contribution in [-0.4, -0.2) is 60.9 Å². The van der Waals surface area contributed by atoms with E-state index >= 15 is 0 Å². The van der Waals surface area contributed by atoms with Gasteiger partial charge in [-0.05, 0) is 42.8 Å². The Morgan fingerprint density at radius 1 is 1.16 bits per heavy atom. The highest BCUT2D eigenvalue weighted by molar-refractivity contribution is 8.00. The van der Waals surface area contributed by atoms with Crippen LogP contribution in [0.3, 0.4) is 0 Å². The van der Waals surface area contributed by atoms with Crippen molar-refractivity contribution in [3.63, 3.8) is 0 Å². The van der Waals surface area contributed by atoms with Crippen molar-refractivity contribution in [2.75, 3.05) is 50.0 Å². The summed E-state index contributed by atoms with van der Waals surface area (Å²) < 4.78 is 6.41. The molecule has 0 N–H and O–H groups in total. The summed E-state index contributed by atoms with van der Waals surface area (Å²) in [6, 6.07) is 13.3. The molecule has 164 valence electrons. The Bertz CT molecular complexity index is 1020. The predicted molar refractivity (Wildman–Crippen MR) is 131 cm³/mol. The van der Waals surface area contributed by atoms with Gasteiger partial charge < -0.3 is 4.74 Å². The number of fused-ring (bicyclic) bond motifs is 1. The number of nitrogens with zero attached hydrogens (tertiary/aromatic N) is 3. The van der Waals surface area contributed by atoms with E-state index in [2.05, 4.69) is 4.90 Å². The lowest BCUT2D eigenvalue weighted by atomic mass is 10.3. The summed E-state index contributed by atoms with van der Waals surface area (Å²) in [7, 11) is 0. The zero-order valence-corrected chi connectivity index (χ0v) is 20.1. The second kappa shape index (κ2) is 11.0. The van der Waals surface area contributed by atoms with Crippen LogP contribution >= 0.6 is 46.3 Å². The number of hydrogen-bond donors (Lipinski definition) is 0. The maximum absolute atomic E-state index is 13.2. The average molecular weight is 496 g/mol. The standard InChI is InChI=1S/C22H23Cl2N3O2S2/c23-16-5-7-17(8-6-16)30-15-20(28)27(10-2-9-26-11-13-29-14-12-26)22-25-21-18(24)3-1-4-19(21)31-22/h1,3-8H,2,9-15H2. The normalized spacial score (nSPS) is 14.8. The first kappa shape index (κ1) is 22.8. The van der Waals surface area contributed by atoms with Crippen molar-refractivity contribution in [3.8, 4) is 0 Å². The third kappa shape index (κ3) is 6.12. The lowest BCUT2D eigenvalue weighted by molar-refractivity contribution is -0.116. The molecule has 1 fully saturated rings. The van der Waals surface area contributed by atoms with Crippen molar-refractivity contribution >= 4 is 67.6 Å². The number of carbonyl (C=O) groups excluding carboxylic acids is 1. The largest absolute Gasteiger partial charge is 0.379 e. The van der Waals surface area contributed by atoms with Gasteiger partial charge in [-0.2, -0.15) is 0 Å². The zero-order valence-electron chi connectivity index (χ0n) is 16.9. The molecule has 0 radical (unpaired) electrons. The fourth-order valence-electron chi connectivity index (χ4n) is 3.38. The summed E-state index contributed by atoms with van der Waals surface area (Å²) >= 11 is 15.3. The molecule has 2 heterocycles. The highest BCUT2D eigenvalue weighted by atomic mass is 35.5. The molecule has 1 aliphatic heterocycles. The number of anilines is 1. The number of hydrogen-bond acceptors (Lipinski definition) is 6. The molecule has 0 spiro atoms. The number of halogens is 2. The van der Waals surface area contributed by atoms with E-state index in [-0.39, 0.29) is 5.91 Å². The number of aromatic nitrogens is 1. The molecule has 1 amide bonds. The number of thioether (sulfide) groups is 1. The summed E-state index contributed by atoms with van der Waals surface area (Å²) in [4.78, 5) is 23.1. The molecule has 2 aromatic carbocycles. The van der Waals surface area contributed by atoms with Gasteiger partial charge in [0.15, 0.2) is 5.13 Å². The maximum Gasteiger partial charge on any atom is 0.239 e. The van der Waals surface area contributed by atoms with Gasteiger partial charge in [0.2, 0.25) is 5.91 Å². The molecule has 0 aliphatic carbocycles. The van der Waals surface area contributed by atoms with Crippen molar-refractivity contribution in [1.29, 1.82) is 0 Å². The number of rotatable bonds is 8. The monoisotopic (exact) mass is 495 g/mol. The van der Waals surface area contributed by atoms with Crippen LogP contribution in [0.25, 0.3) is 10.2 Å². The summed E-state index contributed by atoms with van der Waals surface area (Å²) in [5.41, 5.74) is 0.750. The highest BCUT2D eigenvalue weighted by Gasteiger charge is 2.21. The average Bonchev–Trinajstić information content (AvgIpc) is 3.22. The number of ether oxygens (including phenoxy) is 1. The van der Waals surface area contributed by atoms with Gasteiger partial charge in [-0.1, -0.05) is 40.6 Å². The van der Waals surface area contributed by atoms with E-state index in [9.17, 15) is 4.79 Å². The van der Waals surface area contributed by atoms with Gasteiger partial charge in [-0.3, -0.25) is 14.6 Å². The summed E-state index contributed by atoms with van der Waals surface area (Å²) in [5.74, 6) is 0.375. The lowest BCUT2D eigenvalue weighted by Gasteiger charge is -2.27. The number of benzene rings is 2. The molecule has 0 unspecified atom stereocenters. The molecule has 1 aliphatic rings. The van der Waals surface area contributed by atoms with Crippen molar-refractivity contribution in [2.24, 2.45) is 0 Å². The number of carbonyl (C=O) groups is 1. The molecular weight excluding hydrogens is 473 g/mol. The first-order chi connectivity index (χ1) is 15.1. The van der Waals surface area contributed by atoms with Crippen molar-refractivity contribution in [3.05, 3.63) is 52.5 Å². The van der Waals surface area contributed by atoms with Crippen molar-refractivity contribution in [2.45, 2.75) is 11.3 Å². The predicted octanol–water partition coefficient (Wildman–Crippen LogP) is 5.45. The summed E-state index contributed by atoms with van der Waals surface area (Å²) in [5, 5.41) is 2.00. The Morgan fingerprint density at radius 2 is 1.94 bits per heavy atom. The Kier molecular flexibility index (Phi) is 8.09. The Labute approximate surface area is 200 Å². The third-order valence-electron chi connectivity index (χ3n) is 5.03. The van der Waals surface area contributed by atoms with Crippen molar-refractivity contribution in [1.82, 2.24) is 9.88 Å². The van der Waals surface area contributed by atoms with Crippen LogP contribution in [0.4, 0.5) is 5.13 Å². The molecule has 0 saturated carbocycles. The molecule has 0 atom stereocenters. The number of morpholine rings is 1. The summed E-state index contributed by atoms with van der Waals surface area (Å²) in [6.45, 7) is 4.99. The molecule has 0 bridgehead atoms. The van der Waals surface area contributed by atoms with E-state index in [4.69, 9.17) is 32.9 Å². The Balaban J connectivity index is 1.47. The molecule has 1 aromatic heterocycles. The number of thiazole rings is 1. The molecule has 5 nitrogen and oxygen atoms in total. The second-order valence-electron chi connectivity index (χ2n) is 7.18. The highest BCUT2D eigenvalue weighted by Crippen LogP contribution is 2.33. The van der Waals surface area contributed by atoms with Crippen LogP contribution in [0.5, 0.6) is 0 Å². The van der Waals surface area contributed by atoms with Gasteiger partial charge in [0.25, 0.3) is 0 Å². The minimum absolute atomic E-state index is 0.0390. The minimum atomic E-state index is 0.0390. The zero-order chi connectivity index (χ0) is 21.6. The SMILES string of the molecule is O=C(CSc1ccc(Cl)cc1)N(CCCN1CCOCC1)c1nc2c(Cl)cccc2s1. The Morgan fingerprint density at radius 3 is 2.68 bits per heavy atom. The minimum Gasteiger partial charge on any atom is -0.379 e. The van der Waals surface area contributed by atoms with Gasteiger partial charge in [-0.15, -0.1) is 11.8 Å².